The van der Waals surface area contributed by atoms with Crippen LogP contribution in [0.1, 0.15) is 17.5 Å². The van der Waals surface area contributed by atoms with Gasteiger partial charge in [0.2, 0.25) is 18.6 Å². The normalized spacial score (nSPS) is 11.9. The van der Waals surface area contributed by atoms with Gasteiger partial charge in [0.05, 0.1) is 0 Å². The van der Waals surface area contributed by atoms with Crippen molar-refractivity contribution in [1.82, 2.24) is 5.32 Å². The van der Waals surface area contributed by atoms with Crippen LogP contribution in [0.4, 0.5) is 5.69 Å². The van der Waals surface area contributed by atoms with E-state index < -0.39 is 5.91 Å². The number of benzene rings is 2. The Hall–Kier alpha value is -2.73. The van der Waals surface area contributed by atoms with Gasteiger partial charge in [0, 0.05) is 17.3 Å². The van der Waals surface area contributed by atoms with E-state index in [-0.39, 0.29) is 19.1 Å². The molecule has 0 saturated heterocycles. The van der Waals surface area contributed by atoms with Gasteiger partial charge < -0.3 is 20.1 Å². The fourth-order valence-electron chi connectivity index (χ4n) is 2.34. The summed E-state index contributed by atoms with van der Waals surface area (Å²) in [5.41, 5.74) is 2.34. The maximum absolute atomic E-state index is 11.9. The van der Waals surface area contributed by atoms with Crippen LogP contribution in [0.5, 0.6) is 11.5 Å². The van der Waals surface area contributed by atoms with E-state index in [4.69, 9.17) is 21.1 Å². The van der Waals surface area contributed by atoms with Gasteiger partial charge >= 0.3 is 0 Å². The molecule has 0 fully saturated rings. The third kappa shape index (κ3) is 4.42. The van der Waals surface area contributed by atoms with Crippen molar-refractivity contribution >= 4 is 29.1 Å². The Balaban J connectivity index is 1.48. The number of ether oxygens (including phenoxy) is 2. The molecular weight excluding hydrogens is 344 g/mol. The summed E-state index contributed by atoms with van der Waals surface area (Å²) in [5.74, 6) is 0.573. The summed E-state index contributed by atoms with van der Waals surface area (Å²) < 4.78 is 10.5. The first-order valence-electron chi connectivity index (χ1n) is 7.72. The summed E-state index contributed by atoms with van der Waals surface area (Å²) in [6.45, 7) is 2.38. The first-order chi connectivity index (χ1) is 12.0. The van der Waals surface area contributed by atoms with E-state index in [1.54, 1.807) is 30.3 Å². The number of hydrogen-bond donors (Lipinski definition) is 2. The number of amides is 2. The van der Waals surface area contributed by atoms with Crippen molar-refractivity contribution in [3.63, 3.8) is 0 Å². The van der Waals surface area contributed by atoms with Crippen molar-refractivity contribution in [3.05, 3.63) is 52.5 Å². The van der Waals surface area contributed by atoms with Gasteiger partial charge in [-0.2, -0.15) is 0 Å². The second kappa shape index (κ2) is 7.44. The van der Waals surface area contributed by atoms with Crippen LogP contribution < -0.4 is 20.1 Å². The molecule has 0 atom stereocenters. The molecule has 1 aliphatic heterocycles. The molecule has 2 aromatic rings. The molecule has 7 heteroatoms. The van der Waals surface area contributed by atoms with Gasteiger partial charge in [0.15, 0.2) is 11.5 Å². The first kappa shape index (κ1) is 17.1. The maximum atomic E-state index is 11.9. The quantitative estimate of drug-likeness (QED) is 0.803. The number of aryl methyl sites for hydroxylation is 1. The van der Waals surface area contributed by atoms with E-state index in [2.05, 4.69) is 10.6 Å². The number of rotatable bonds is 5. The number of halogens is 1. The smallest absolute Gasteiger partial charge is 0.233 e. The molecule has 3 rings (SSSR count). The second-order valence-electron chi connectivity index (χ2n) is 5.65. The Morgan fingerprint density at radius 3 is 2.68 bits per heavy atom. The third-order valence-electron chi connectivity index (χ3n) is 3.70. The van der Waals surface area contributed by atoms with Crippen LogP contribution in [-0.4, -0.2) is 18.6 Å². The van der Waals surface area contributed by atoms with Gasteiger partial charge in [-0.3, -0.25) is 9.59 Å². The largest absolute Gasteiger partial charge is 0.454 e. The maximum Gasteiger partial charge on any atom is 0.233 e. The van der Waals surface area contributed by atoms with Crippen molar-refractivity contribution in [1.29, 1.82) is 0 Å². The minimum atomic E-state index is -0.400. The fraction of sp³-hybridized carbons (Fsp3) is 0.222. The molecule has 25 heavy (non-hydrogen) atoms. The number of fused-ring (bicyclic) bond motifs is 1. The van der Waals surface area contributed by atoms with E-state index in [1.165, 1.54) is 0 Å². The lowest BCUT2D eigenvalue weighted by Gasteiger charge is -2.08. The molecule has 0 aromatic heterocycles. The summed E-state index contributed by atoms with van der Waals surface area (Å²) in [7, 11) is 0. The van der Waals surface area contributed by atoms with Gasteiger partial charge in [-0.05, 0) is 42.3 Å². The lowest BCUT2D eigenvalue weighted by Crippen LogP contribution is -2.27. The minimum absolute atomic E-state index is 0.203. The average Bonchev–Trinajstić information content (AvgIpc) is 3.04. The Morgan fingerprint density at radius 2 is 1.88 bits per heavy atom. The summed E-state index contributed by atoms with van der Waals surface area (Å²) in [4.78, 5) is 23.9. The molecule has 0 bridgehead atoms. The van der Waals surface area contributed by atoms with Crippen LogP contribution in [-0.2, 0) is 16.1 Å². The molecule has 0 radical (unpaired) electrons. The SMILES string of the molecule is Cc1ccc(NC(=O)CC(=O)NCc2ccc3c(c2)OCO3)cc1Cl. The van der Waals surface area contributed by atoms with Crippen LogP contribution in [0.25, 0.3) is 0 Å². The summed E-state index contributed by atoms with van der Waals surface area (Å²) in [6.07, 6.45) is -0.268. The van der Waals surface area contributed by atoms with E-state index >= 15 is 0 Å². The molecule has 0 saturated carbocycles. The molecule has 6 nitrogen and oxygen atoms in total. The van der Waals surface area contributed by atoms with E-state index in [1.807, 2.05) is 13.0 Å². The first-order valence-corrected chi connectivity index (χ1v) is 8.10. The summed E-state index contributed by atoms with van der Waals surface area (Å²) in [5, 5.41) is 5.92. The molecule has 130 valence electrons. The number of hydrogen-bond acceptors (Lipinski definition) is 4. The van der Waals surface area contributed by atoms with Crippen molar-refractivity contribution in [2.75, 3.05) is 12.1 Å². The number of carbonyl (C=O) groups excluding carboxylic acids is 2. The minimum Gasteiger partial charge on any atom is -0.454 e. The molecule has 0 unspecified atom stereocenters. The Morgan fingerprint density at radius 1 is 1.08 bits per heavy atom. The zero-order valence-electron chi connectivity index (χ0n) is 13.6. The topological polar surface area (TPSA) is 76.7 Å². The molecular formula is C18H17ClN2O4. The van der Waals surface area contributed by atoms with Crippen molar-refractivity contribution < 1.29 is 19.1 Å². The molecule has 0 aliphatic carbocycles. The van der Waals surface area contributed by atoms with Crippen LogP contribution in [0.2, 0.25) is 5.02 Å². The Labute approximate surface area is 150 Å². The van der Waals surface area contributed by atoms with Crippen LogP contribution in [0, 0.1) is 6.92 Å². The van der Waals surface area contributed by atoms with Crippen LogP contribution >= 0.6 is 11.6 Å². The summed E-state index contributed by atoms with van der Waals surface area (Å²) >= 11 is 6.01. The zero-order chi connectivity index (χ0) is 17.8. The van der Waals surface area contributed by atoms with Gasteiger partial charge in [0.1, 0.15) is 6.42 Å². The highest BCUT2D eigenvalue weighted by molar-refractivity contribution is 6.31. The molecule has 0 spiro atoms. The van der Waals surface area contributed by atoms with E-state index in [0.29, 0.717) is 28.8 Å². The zero-order valence-corrected chi connectivity index (χ0v) is 14.4. The molecule has 1 aliphatic rings. The van der Waals surface area contributed by atoms with Gasteiger partial charge in [-0.25, -0.2) is 0 Å². The fourth-order valence-corrected chi connectivity index (χ4v) is 2.52. The van der Waals surface area contributed by atoms with E-state index in [9.17, 15) is 9.59 Å². The van der Waals surface area contributed by atoms with Crippen molar-refractivity contribution in [2.45, 2.75) is 19.9 Å². The lowest BCUT2D eigenvalue weighted by molar-refractivity contribution is -0.126. The summed E-state index contributed by atoms with van der Waals surface area (Å²) in [6, 6.07) is 10.6. The lowest BCUT2D eigenvalue weighted by atomic mass is 10.2. The van der Waals surface area contributed by atoms with Crippen molar-refractivity contribution in [3.8, 4) is 11.5 Å². The third-order valence-corrected chi connectivity index (χ3v) is 4.11. The highest BCUT2D eigenvalue weighted by Gasteiger charge is 2.14. The van der Waals surface area contributed by atoms with Gasteiger partial charge in [0.25, 0.3) is 0 Å². The predicted molar refractivity (Wildman–Crippen MR) is 93.8 cm³/mol. The second-order valence-corrected chi connectivity index (χ2v) is 6.06. The van der Waals surface area contributed by atoms with Gasteiger partial charge in [-0.15, -0.1) is 0 Å². The average molecular weight is 361 g/mol. The molecule has 2 aromatic carbocycles. The molecule has 2 amide bonds. The Kier molecular flexibility index (Phi) is 5.09. The van der Waals surface area contributed by atoms with Crippen molar-refractivity contribution in [2.24, 2.45) is 0 Å². The number of carbonyl (C=O) groups is 2. The van der Waals surface area contributed by atoms with Crippen LogP contribution in [0.3, 0.4) is 0 Å². The molecule has 1 heterocycles. The highest BCUT2D eigenvalue weighted by atomic mass is 35.5. The highest BCUT2D eigenvalue weighted by Crippen LogP contribution is 2.32. The molecule has 2 N–H and O–H groups in total. The van der Waals surface area contributed by atoms with Gasteiger partial charge in [-0.1, -0.05) is 23.7 Å². The van der Waals surface area contributed by atoms with Crippen LogP contribution in [0.15, 0.2) is 36.4 Å². The predicted octanol–water partition coefficient (Wildman–Crippen LogP) is 3.02. The number of anilines is 1. The monoisotopic (exact) mass is 360 g/mol. The number of nitrogens with one attached hydrogen (secondary N) is 2. The van der Waals surface area contributed by atoms with E-state index in [0.717, 1.165) is 11.1 Å². The standard InChI is InChI=1S/C18H17ClN2O4/c1-11-2-4-13(7-14(11)19)21-18(23)8-17(22)20-9-12-3-5-15-16(6-12)25-10-24-15/h2-7H,8-10H2,1H3,(H,20,22)(H,21,23). The Bertz CT molecular complexity index is 823.